The highest BCUT2D eigenvalue weighted by molar-refractivity contribution is 7.71. The fourth-order valence-corrected chi connectivity index (χ4v) is 3.54. The number of nitrogens with one attached hydrogen (secondary N) is 1. The van der Waals surface area contributed by atoms with Crippen LogP contribution in [0.4, 0.5) is 0 Å². The number of hydrogen-bond donors (Lipinski definition) is 1. The van der Waals surface area contributed by atoms with Crippen molar-refractivity contribution in [2.24, 2.45) is 7.05 Å². The summed E-state index contributed by atoms with van der Waals surface area (Å²) in [7, 11) is 1.93. The van der Waals surface area contributed by atoms with Gasteiger partial charge >= 0.3 is 0 Å². The molecule has 1 fully saturated rings. The fourth-order valence-electron chi connectivity index (χ4n) is 3.40. The molecule has 128 valence electrons. The number of aromatic amines is 1. The number of piperidine rings is 1. The third kappa shape index (κ3) is 3.43. The van der Waals surface area contributed by atoms with Crippen molar-refractivity contribution in [2.45, 2.75) is 39.0 Å². The number of rotatable bonds is 3. The molecule has 0 saturated carbocycles. The van der Waals surface area contributed by atoms with Crippen molar-refractivity contribution in [3.05, 3.63) is 45.5 Å². The van der Waals surface area contributed by atoms with Gasteiger partial charge in [-0.2, -0.15) is 5.10 Å². The van der Waals surface area contributed by atoms with Gasteiger partial charge in [-0.3, -0.25) is 9.89 Å². The molecule has 1 amide bonds. The fraction of sp³-hybridized carbons (Fsp3) is 0.500. The number of amides is 1. The van der Waals surface area contributed by atoms with Crippen LogP contribution in [0, 0.1) is 18.6 Å². The molecule has 5 nitrogen and oxygen atoms in total. The second-order valence-electron chi connectivity index (χ2n) is 6.73. The standard InChI is InChI=1S/C18H24N4OS/c1-12-6-7-13(2)15(9-12)10-16(23)22-8-4-5-14(11-22)17-19-20-18(24)21(17)3/h6-7,9,14H,4-5,8,10-11H2,1-3H3,(H,20,24). The van der Waals surface area contributed by atoms with Crippen molar-refractivity contribution in [3.8, 4) is 0 Å². The Labute approximate surface area is 147 Å². The van der Waals surface area contributed by atoms with Crippen LogP contribution in [0.2, 0.25) is 0 Å². The monoisotopic (exact) mass is 344 g/mol. The molecule has 0 aliphatic carbocycles. The number of likely N-dealkylation sites (tertiary alicyclic amines) is 1. The zero-order valence-corrected chi connectivity index (χ0v) is 15.3. The van der Waals surface area contributed by atoms with E-state index in [1.807, 2.05) is 16.5 Å². The largest absolute Gasteiger partial charge is 0.342 e. The van der Waals surface area contributed by atoms with E-state index < -0.39 is 0 Å². The summed E-state index contributed by atoms with van der Waals surface area (Å²) in [5, 5.41) is 7.19. The van der Waals surface area contributed by atoms with Gasteiger partial charge in [-0.05, 0) is 50.0 Å². The number of carbonyl (C=O) groups excluding carboxylic acids is 1. The number of nitrogens with zero attached hydrogens (tertiary/aromatic N) is 3. The Kier molecular flexibility index (Phi) is 4.85. The van der Waals surface area contributed by atoms with Crippen molar-refractivity contribution in [2.75, 3.05) is 13.1 Å². The minimum absolute atomic E-state index is 0.199. The van der Waals surface area contributed by atoms with Crippen molar-refractivity contribution < 1.29 is 4.79 Å². The van der Waals surface area contributed by atoms with Crippen LogP contribution in [0.1, 0.15) is 41.3 Å². The van der Waals surface area contributed by atoms with Gasteiger partial charge in [0, 0.05) is 26.1 Å². The molecule has 1 atom stereocenters. The van der Waals surface area contributed by atoms with Crippen molar-refractivity contribution in [1.82, 2.24) is 19.7 Å². The third-order valence-electron chi connectivity index (χ3n) is 4.90. The molecule has 3 rings (SSSR count). The van der Waals surface area contributed by atoms with E-state index in [2.05, 4.69) is 42.2 Å². The zero-order chi connectivity index (χ0) is 17.3. The van der Waals surface area contributed by atoms with Gasteiger partial charge in [0.05, 0.1) is 6.42 Å². The number of carbonyl (C=O) groups is 1. The number of H-pyrrole nitrogens is 1. The second-order valence-corrected chi connectivity index (χ2v) is 7.12. The maximum absolute atomic E-state index is 12.8. The molecule has 1 aliphatic rings. The second kappa shape index (κ2) is 6.89. The predicted molar refractivity (Wildman–Crippen MR) is 96.6 cm³/mol. The number of benzene rings is 1. The van der Waals surface area contributed by atoms with Gasteiger partial charge in [-0.15, -0.1) is 0 Å². The quantitative estimate of drug-likeness (QED) is 0.871. The highest BCUT2D eigenvalue weighted by atomic mass is 32.1. The molecule has 6 heteroatoms. The number of aromatic nitrogens is 3. The van der Waals surface area contributed by atoms with E-state index in [1.54, 1.807) is 0 Å². The lowest BCUT2D eigenvalue weighted by atomic mass is 9.96. The van der Waals surface area contributed by atoms with Crippen LogP contribution >= 0.6 is 12.2 Å². The molecule has 1 aliphatic heterocycles. The van der Waals surface area contributed by atoms with Gasteiger partial charge in [0.15, 0.2) is 4.77 Å². The van der Waals surface area contributed by atoms with Crippen LogP contribution in [-0.4, -0.2) is 38.7 Å². The molecular weight excluding hydrogens is 320 g/mol. The molecule has 0 radical (unpaired) electrons. The summed E-state index contributed by atoms with van der Waals surface area (Å²) >= 11 is 5.20. The van der Waals surface area contributed by atoms with E-state index in [4.69, 9.17) is 12.2 Å². The van der Waals surface area contributed by atoms with Crippen LogP contribution in [0.5, 0.6) is 0 Å². The summed E-state index contributed by atoms with van der Waals surface area (Å²) in [4.78, 5) is 14.7. The Morgan fingerprint density at radius 3 is 2.92 bits per heavy atom. The van der Waals surface area contributed by atoms with Crippen LogP contribution in [-0.2, 0) is 18.3 Å². The molecule has 0 spiro atoms. The van der Waals surface area contributed by atoms with Gasteiger partial charge in [0.2, 0.25) is 5.91 Å². The summed E-state index contributed by atoms with van der Waals surface area (Å²) in [5.41, 5.74) is 3.50. The first kappa shape index (κ1) is 16.9. The Balaban J connectivity index is 1.72. The minimum Gasteiger partial charge on any atom is -0.342 e. The van der Waals surface area contributed by atoms with Crippen LogP contribution in [0.15, 0.2) is 18.2 Å². The van der Waals surface area contributed by atoms with Gasteiger partial charge in [0.1, 0.15) is 5.82 Å². The molecule has 1 unspecified atom stereocenters. The Morgan fingerprint density at radius 2 is 2.21 bits per heavy atom. The first-order chi connectivity index (χ1) is 11.5. The normalized spacial score (nSPS) is 18.0. The molecule has 0 bridgehead atoms. The summed E-state index contributed by atoms with van der Waals surface area (Å²) in [5.74, 6) is 1.40. The highest BCUT2D eigenvalue weighted by Gasteiger charge is 2.27. The average molecular weight is 344 g/mol. The lowest BCUT2D eigenvalue weighted by Gasteiger charge is -2.32. The first-order valence-electron chi connectivity index (χ1n) is 8.41. The van der Waals surface area contributed by atoms with Crippen molar-refractivity contribution in [1.29, 1.82) is 0 Å². The Bertz CT molecular complexity index is 808. The van der Waals surface area contributed by atoms with Gasteiger partial charge in [-0.25, -0.2) is 0 Å². The summed E-state index contributed by atoms with van der Waals surface area (Å²) in [6, 6.07) is 6.29. The first-order valence-corrected chi connectivity index (χ1v) is 8.81. The van der Waals surface area contributed by atoms with E-state index in [0.29, 0.717) is 11.2 Å². The van der Waals surface area contributed by atoms with Crippen LogP contribution < -0.4 is 0 Å². The average Bonchev–Trinajstić information content (AvgIpc) is 2.90. The van der Waals surface area contributed by atoms with Gasteiger partial charge < -0.3 is 9.47 Å². The molecule has 1 aromatic carbocycles. The summed E-state index contributed by atoms with van der Waals surface area (Å²) < 4.78 is 2.54. The Hall–Kier alpha value is -1.95. The molecule has 2 heterocycles. The molecule has 1 saturated heterocycles. The smallest absolute Gasteiger partial charge is 0.227 e. The predicted octanol–water partition coefficient (Wildman–Crippen LogP) is 3.04. The minimum atomic E-state index is 0.199. The SMILES string of the molecule is Cc1ccc(C)c(CC(=O)N2CCCC(c3n[nH]c(=S)n3C)C2)c1. The topological polar surface area (TPSA) is 53.9 Å². The molecule has 1 aromatic heterocycles. The third-order valence-corrected chi connectivity index (χ3v) is 5.27. The van der Waals surface area contributed by atoms with Gasteiger partial charge in [-0.1, -0.05) is 23.8 Å². The Morgan fingerprint density at radius 1 is 1.42 bits per heavy atom. The zero-order valence-electron chi connectivity index (χ0n) is 14.5. The molecule has 24 heavy (non-hydrogen) atoms. The number of hydrogen-bond acceptors (Lipinski definition) is 3. The summed E-state index contributed by atoms with van der Waals surface area (Å²) in [6.07, 6.45) is 2.52. The maximum Gasteiger partial charge on any atom is 0.227 e. The highest BCUT2D eigenvalue weighted by Crippen LogP contribution is 2.26. The molecule has 1 N–H and O–H groups in total. The van der Waals surface area contributed by atoms with Gasteiger partial charge in [0.25, 0.3) is 0 Å². The number of aryl methyl sites for hydroxylation is 2. The van der Waals surface area contributed by atoms with Crippen LogP contribution in [0.3, 0.4) is 0 Å². The lowest BCUT2D eigenvalue weighted by Crippen LogP contribution is -2.40. The van der Waals surface area contributed by atoms with E-state index >= 15 is 0 Å². The van der Waals surface area contributed by atoms with E-state index in [1.165, 1.54) is 11.1 Å². The summed E-state index contributed by atoms with van der Waals surface area (Å²) in [6.45, 7) is 5.68. The van der Waals surface area contributed by atoms with Crippen LogP contribution in [0.25, 0.3) is 0 Å². The van der Waals surface area contributed by atoms with Crippen molar-refractivity contribution in [3.63, 3.8) is 0 Å². The molecular formula is C18H24N4OS. The van der Waals surface area contributed by atoms with E-state index in [-0.39, 0.29) is 11.8 Å². The van der Waals surface area contributed by atoms with E-state index in [0.717, 1.165) is 37.3 Å². The lowest BCUT2D eigenvalue weighted by molar-refractivity contribution is -0.131. The molecule has 2 aromatic rings. The maximum atomic E-state index is 12.8. The van der Waals surface area contributed by atoms with E-state index in [9.17, 15) is 4.79 Å². The van der Waals surface area contributed by atoms with Crippen molar-refractivity contribution >= 4 is 18.1 Å².